The van der Waals surface area contributed by atoms with Crippen LogP contribution in [0.3, 0.4) is 0 Å². The molecule has 1 atom stereocenters. The quantitative estimate of drug-likeness (QED) is 0.726. The Morgan fingerprint density at radius 2 is 2.31 bits per heavy atom. The lowest BCUT2D eigenvalue weighted by molar-refractivity contribution is 0.688. The molecule has 0 radical (unpaired) electrons. The number of nitrogen functional groups attached to an aromatic ring is 1. The maximum absolute atomic E-state index is 5.62. The van der Waals surface area contributed by atoms with Crippen molar-refractivity contribution < 1.29 is 0 Å². The van der Waals surface area contributed by atoms with Gasteiger partial charge in [-0.2, -0.15) is 15.1 Å². The van der Waals surface area contributed by atoms with Gasteiger partial charge in [0, 0.05) is 6.04 Å². The molecule has 0 aliphatic rings. The monoisotopic (exact) mass is 220 g/mol. The number of aromatic nitrogens is 4. The molecule has 0 fully saturated rings. The Kier molecular flexibility index (Phi) is 2.89. The van der Waals surface area contributed by atoms with Gasteiger partial charge in [0.25, 0.3) is 0 Å². The molecule has 2 aromatic heterocycles. The second-order valence-electron chi connectivity index (χ2n) is 3.90. The van der Waals surface area contributed by atoms with Crippen molar-refractivity contribution in [2.75, 3.05) is 11.1 Å². The summed E-state index contributed by atoms with van der Waals surface area (Å²) in [6.45, 7) is 4.27. The van der Waals surface area contributed by atoms with Gasteiger partial charge in [-0.1, -0.05) is 13.3 Å². The highest BCUT2D eigenvalue weighted by Gasteiger charge is 2.09. The molecule has 0 aliphatic heterocycles. The zero-order chi connectivity index (χ0) is 11.5. The number of anilines is 2. The number of rotatable bonds is 4. The lowest BCUT2D eigenvalue weighted by Crippen LogP contribution is -2.16. The first-order valence-electron chi connectivity index (χ1n) is 5.43. The van der Waals surface area contributed by atoms with Crippen LogP contribution in [0.4, 0.5) is 11.8 Å². The number of aromatic amines is 1. The minimum absolute atomic E-state index is 0.253. The Labute approximate surface area is 93.7 Å². The fourth-order valence-electron chi connectivity index (χ4n) is 1.70. The molecular formula is C10H16N6. The summed E-state index contributed by atoms with van der Waals surface area (Å²) in [5.74, 6) is 1.00. The highest BCUT2D eigenvalue weighted by Crippen LogP contribution is 2.20. The summed E-state index contributed by atoms with van der Waals surface area (Å²) in [5.41, 5.74) is 6.29. The lowest BCUT2D eigenvalue weighted by atomic mass is 10.2. The van der Waals surface area contributed by atoms with Gasteiger partial charge in [0.15, 0.2) is 5.65 Å². The van der Waals surface area contributed by atoms with Crippen LogP contribution in [0.15, 0.2) is 6.20 Å². The number of nitrogens with zero attached hydrogens (tertiary/aromatic N) is 3. The Morgan fingerprint density at radius 3 is 3.06 bits per heavy atom. The van der Waals surface area contributed by atoms with Gasteiger partial charge in [0.1, 0.15) is 5.82 Å². The van der Waals surface area contributed by atoms with Gasteiger partial charge in [-0.05, 0) is 13.3 Å². The normalized spacial score (nSPS) is 12.9. The molecule has 16 heavy (non-hydrogen) atoms. The van der Waals surface area contributed by atoms with Crippen molar-refractivity contribution in [3.63, 3.8) is 0 Å². The number of H-pyrrole nitrogens is 1. The van der Waals surface area contributed by atoms with E-state index < -0.39 is 0 Å². The Morgan fingerprint density at radius 1 is 1.50 bits per heavy atom. The zero-order valence-corrected chi connectivity index (χ0v) is 9.49. The van der Waals surface area contributed by atoms with Crippen LogP contribution in [0.2, 0.25) is 0 Å². The Balaban J connectivity index is 2.31. The summed E-state index contributed by atoms with van der Waals surface area (Å²) in [7, 11) is 0. The van der Waals surface area contributed by atoms with Crippen molar-refractivity contribution in [2.24, 2.45) is 0 Å². The zero-order valence-electron chi connectivity index (χ0n) is 9.49. The molecule has 0 amide bonds. The molecule has 0 spiro atoms. The molecule has 0 aliphatic carbocycles. The SMILES string of the molecule is CCCC(C)Nc1nc(N)nc2[nH]ncc12. The minimum Gasteiger partial charge on any atom is -0.368 e. The van der Waals surface area contributed by atoms with E-state index in [0.29, 0.717) is 11.7 Å². The van der Waals surface area contributed by atoms with E-state index >= 15 is 0 Å². The van der Waals surface area contributed by atoms with Crippen molar-refractivity contribution >= 4 is 22.8 Å². The summed E-state index contributed by atoms with van der Waals surface area (Å²) >= 11 is 0. The summed E-state index contributed by atoms with van der Waals surface area (Å²) in [6, 6.07) is 0.359. The van der Waals surface area contributed by atoms with Gasteiger partial charge in [0.2, 0.25) is 5.95 Å². The van der Waals surface area contributed by atoms with Crippen LogP contribution in [-0.4, -0.2) is 26.2 Å². The van der Waals surface area contributed by atoms with Crippen LogP contribution in [0.1, 0.15) is 26.7 Å². The van der Waals surface area contributed by atoms with E-state index in [0.717, 1.165) is 24.0 Å². The standard InChI is InChI=1S/C10H16N6/c1-3-4-6(2)13-8-7-5-12-16-9(7)15-10(11)14-8/h5-6H,3-4H2,1-2H3,(H4,11,12,13,14,15,16). The average Bonchev–Trinajstić information content (AvgIpc) is 2.65. The third-order valence-corrected chi connectivity index (χ3v) is 2.43. The smallest absolute Gasteiger partial charge is 0.224 e. The highest BCUT2D eigenvalue weighted by molar-refractivity contribution is 5.86. The van der Waals surface area contributed by atoms with Crippen LogP contribution in [0.25, 0.3) is 11.0 Å². The predicted molar refractivity (Wildman–Crippen MR) is 64.1 cm³/mol. The molecular weight excluding hydrogens is 204 g/mol. The summed E-state index contributed by atoms with van der Waals surface area (Å²) in [5, 5.41) is 10.9. The Hall–Kier alpha value is -1.85. The van der Waals surface area contributed by atoms with Gasteiger partial charge in [0.05, 0.1) is 11.6 Å². The third-order valence-electron chi connectivity index (χ3n) is 2.43. The van der Waals surface area contributed by atoms with Gasteiger partial charge in [-0.3, -0.25) is 5.10 Å². The van der Waals surface area contributed by atoms with Crippen LogP contribution in [0.5, 0.6) is 0 Å². The van der Waals surface area contributed by atoms with Gasteiger partial charge >= 0.3 is 0 Å². The molecule has 4 N–H and O–H groups in total. The summed E-state index contributed by atoms with van der Waals surface area (Å²) < 4.78 is 0. The highest BCUT2D eigenvalue weighted by atomic mass is 15.2. The van der Waals surface area contributed by atoms with Crippen LogP contribution in [0, 0.1) is 0 Å². The average molecular weight is 220 g/mol. The predicted octanol–water partition coefficient (Wildman–Crippen LogP) is 1.54. The summed E-state index contributed by atoms with van der Waals surface area (Å²) in [6.07, 6.45) is 3.92. The summed E-state index contributed by atoms with van der Waals surface area (Å²) in [4.78, 5) is 8.25. The number of nitrogens with one attached hydrogen (secondary N) is 2. The number of nitrogens with two attached hydrogens (primary N) is 1. The fourth-order valence-corrected chi connectivity index (χ4v) is 1.70. The molecule has 0 bridgehead atoms. The molecule has 2 aromatic rings. The molecule has 0 aromatic carbocycles. The molecule has 1 unspecified atom stereocenters. The van der Waals surface area contributed by atoms with Crippen LogP contribution < -0.4 is 11.1 Å². The molecule has 2 rings (SSSR count). The van der Waals surface area contributed by atoms with Crippen molar-refractivity contribution in [1.82, 2.24) is 20.2 Å². The van der Waals surface area contributed by atoms with E-state index in [9.17, 15) is 0 Å². The maximum atomic E-state index is 5.62. The lowest BCUT2D eigenvalue weighted by Gasteiger charge is -2.13. The molecule has 86 valence electrons. The second-order valence-corrected chi connectivity index (χ2v) is 3.90. The van der Waals surface area contributed by atoms with E-state index in [1.807, 2.05) is 0 Å². The van der Waals surface area contributed by atoms with Crippen LogP contribution in [-0.2, 0) is 0 Å². The van der Waals surface area contributed by atoms with E-state index in [-0.39, 0.29) is 5.95 Å². The van der Waals surface area contributed by atoms with Crippen molar-refractivity contribution in [2.45, 2.75) is 32.7 Å². The van der Waals surface area contributed by atoms with E-state index in [4.69, 9.17) is 5.73 Å². The first-order valence-corrected chi connectivity index (χ1v) is 5.43. The minimum atomic E-state index is 0.253. The van der Waals surface area contributed by atoms with Gasteiger partial charge in [-0.15, -0.1) is 0 Å². The van der Waals surface area contributed by atoms with E-state index in [2.05, 4.69) is 39.3 Å². The van der Waals surface area contributed by atoms with E-state index in [1.165, 1.54) is 0 Å². The topological polar surface area (TPSA) is 92.5 Å². The second kappa shape index (κ2) is 4.34. The first kappa shape index (κ1) is 10.7. The molecule has 6 nitrogen and oxygen atoms in total. The molecule has 2 heterocycles. The number of hydrogen-bond acceptors (Lipinski definition) is 5. The van der Waals surface area contributed by atoms with Crippen molar-refractivity contribution in [3.05, 3.63) is 6.20 Å². The van der Waals surface area contributed by atoms with Gasteiger partial charge in [-0.25, -0.2) is 0 Å². The number of hydrogen-bond donors (Lipinski definition) is 3. The first-order chi connectivity index (χ1) is 7.70. The molecule has 0 saturated carbocycles. The molecule has 6 heteroatoms. The van der Waals surface area contributed by atoms with E-state index in [1.54, 1.807) is 6.20 Å². The fraction of sp³-hybridized carbons (Fsp3) is 0.500. The van der Waals surface area contributed by atoms with Gasteiger partial charge < -0.3 is 11.1 Å². The Bertz CT molecular complexity index is 477. The number of fused-ring (bicyclic) bond motifs is 1. The molecule has 0 saturated heterocycles. The third kappa shape index (κ3) is 2.05. The van der Waals surface area contributed by atoms with Crippen molar-refractivity contribution in [3.8, 4) is 0 Å². The maximum Gasteiger partial charge on any atom is 0.224 e. The van der Waals surface area contributed by atoms with Crippen LogP contribution >= 0.6 is 0 Å². The largest absolute Gasteiger partial charge is 0.368 e. The van der Waals surface area contributed by atoms with Crippen molar-refractivity contribution in [1.29, 1.82) is 0 Å².